The van der Waals surface area contributed by atoms with Gasteiger partial charge >= 0.3 is 6.16 Å². The Morgan fingerprint density at radius 1 is 1.33 bits per heavy atom. The number of nitrogens with zero attached hydrogens (tertiary/aromatic N) is 3. The summed E-state index contributed by atoms with van der Waals surface area (Å²) in [7, 11) is 0. The highest BCUT2D eigenvalue weighted by atomic mass is 19.1. The molecule has 2 aliphatic rings. The van der Waals surface area contributed by atoms with E-state index in [2.05, 4.69) is 9.64 Å². The molecule has 27 heavy (non-hydrogen) atoms. The van der Waals surface area contributed by atoms with Gasteiger partial charge in [-0.25, -0.2) is 13.6 Å². The van der Waals surface area contributed by atoms with Crippen LogP contribution >= 0.6 is 0 Å². The summed E-state index contributed by atoms with van der Waals surface area (Å²) >= 11 is 0. The predicted octanol–water partition coefficient (Wildman–Crippen LogP) is 2.25. The molecule has 0 amide bonds. The molecule has 2 fully saturated rings. The topological polar surface area (TPSA) is 75.0 Å². The molecule has 144 valence electrons. The standard InChI is InChI=1S/C18H19F2N3O4/c1-2-22-9-13(27-18(25)26)17(24)11-7-12(19)16(14(20)15(11)22)23-6-5-21-4-3-10(23)8-21/h7,9-10H,2-6,8H2,1H3,(H,25,26). The summed E-state index contributed by atoms with van der Waals surface area (Å²) in [5.41, 5.74) is -1.02. The summed E-state index contributed by atoms with van der Waals surface area (Å²) in [6.07, 6.45) is 0.325. The molecule has 4 rings (SSSR count). The van der Waals surface area contributed by atoms with Crippen molar-refractivity contribution in [3.05, 3.63) is 34.1 Å². The number of rotatable bonds is 3. The third-order valence-electron chi connectivity index (χ3n) is 5.37. The molecule has 0 aliphatic carbocycles. The minimum Gasteiger partial charge on any atom is -0.449 e. The van der Waals surface area contributed by atoms with Gasteiger partial charge < -0.3 is 19.3 Å². The zero-order chi connectivity index (χ0) is 19.3. The average molecular weight is 379 g/mol. The Bertz CT molecular complexity index is 991. The van der Waals surface area contributed by atoms with Crippen molar-refractivity contribution in [2.75, 3.05) is 31.1 Å². The van der Waals surface area contributed by atoms with Crippen molar-refractivity contribution in [3.8, 4) is 5.75 Å². The zero-order valence-electron chi connectivity index (χ0n) is 14.7. The monoisotopic (exact) mass is 379 g/mol. The average Bonchev–Trinajstić information content (AvgIpc) is 3.00. The molecule has 2 unspecified atom stereocenters. The Hall–Kier alpha value is -2.68. The van der Waals surface area contributed by atoms with Crippen molar-refractivity contribution < 1.29 is 23.4 Å². The number of hydrogen-bond acceptors (Lipinski definition) is 5. The van der Waals surface area contributed by atoms with Crippen molar-refractivity contribution in [1.82, 2.24) is 9.47 Å². The quantitative estimate of drug-likeness (QED) is 0.825. The molecule has 2 aliphatic heterocycles. The first-order chi connectivity index (χ1) is 12.9. The van der Waals surface area contributed by atoms with Crippen molar-refractivity contribution in [1.29, 1.82) is 0 Å². The highest BCUT2D eigenvalue weighted by Gasteiger charge is 2.36. The molecule has 2 aromatic rings. The van der Waals surface area contributed by atoms with Gasteiger partial charge in [0.2, 0.25) is 5.43 Å². The van der Waals surface area contributed by atoms with Crippen molar-refractivity contribution in [2.24, 2.45) is 0 Å². The number of pyridine rings is 1. The van der Waals surface area contributed by atoms with Crippen molar-refractivity contribution >= 4 is 22.7 Å². The van der Waals surface area contributed by atoms with Crippen LogP contribution < -0.4 is 15.1 Å². The van der Waals surface area contributed by atoms with Gasteiger partial charge in [-0.3, -0.25) is 9.69 Å². The van der Waals surface area contributed by atoms with Crippen LogP contribution in [-0.2, 0) is 6.54 Å². The van der Waals surface area contributed by atoms with Crippen LogP contribution in [-0.4, -0.2) is 52.9 Å². The number of fused-ring (bicyclic) bond motifs is 3. The van der Waals surface area contributed by atoms with Gasteiger partial charge in [0.25, 0.3) is 0 Å². The second-order valence-electron chi connectivity index (χ2n) is 6.83. The van der Waals surface area contributed by atoms with Gasteiger partial charge in [-0.2, -0.15) is 0 Å². The predicted molar refractivity (Wildman–Crippen MR) is 94.6 cm³/mol. The highest BCUT2D eigenvalue weighted by molar-refractivity contribution is 5.86. The first kappa shape index (κ1) is 17.7. The van der Waals surface area contributed by atoms with Gasteiger partial charge in [0.05, 0.1) is 17.1 Å². The molecule has 1 N–H and O–H groups in total. The number of carboxylic acid groups (broad SMARTS) is 1. The van der Waals surface area contributed by atoms with E-state index in [4.69, 9.17) is 5.11 Å². The first-order valence-corrected chi connectivity index (χ1v) is 8.85. The number of piperazine rings is 1. The Balaban J connectivity index is 1.93. The molecule has 2 saturated heterocycles. The molecule has 0 saturated carbocycles. The van der Waals surface area contributed by atoms with Crippen LogP contribution in [0.3, 0.4) is 0 Å². The summed E-state index contributed by atoms with van der Waals surface area (Å²) in [6.45, 7) is 4.90. The third kappa shape index (κ3) is 2.82. The lowest BCUT2D eigenvalue weighted by Crippen LogP contribution is -2.47. The van der Waals surface area contributed by atoms with Crippen molar-refractivity contribution in [3.63, 3.8) is 0 Å². The number of hydrogen-bond donors (Lipinski definition) is 1. The summed E-state index contributed by atoms with van der Waals surface area (Å²) in [6, 6.07) is 1.02. The number of aryl methyl sites for hydroxylation is 1. The second-order valence-corrected chi connectivity index (χ2v) is 6.83. The molecule has 3 heterocycles. The van der Waals surface area contributed by atoms with Crippen LogP contribution in [0.1, 0.15) is 13.3 Å². The largest absolute Gasteiger partial charge is 0.511 e. The summed E-state index contributed by atoms with van der Waals surface area (Å²) in [4.78, 5) is 27.3. The van der Waals surface area contributed by atoms with Crippen LogP contribution in [0, 0.1) is 11.6 Å². The molecule has 1 aromatic carbocycles. The lowest BCUT2D eigenvalue weighted by Gasteiger charge is -2.36. The summed E-state index contributed by atoms with van der Waals surface area (Å²) < 4.78 is 36.2. The van der Waals surface area contributed by atoms with Crippen LogP contribution in [0.5, 0.6) is 5.75 Å². The van der Waals surface area contributed by atoms with Gasteiger partial charge in [0.1, 0.15) is 11.5 Å². The van der Waals surface area contributed by atoms with E-state index in [-0.39, 0.29) is 29.2 Å². The molecule has 2 atom stereocenters. The Labute approximate surface area is 153 Å². The molecule has 7 nitrogen and oxygen atoms in total. The number of anilines is 1. The fourth-order valence-corrected chi connectivity index (χ4v) is 4.13. The van der Waals surface area contributed by atoms with Gasteiger partial charge in [0.15, 0.2) is 11.6 Å². The Morgan fingerprint density at radius 3 is 2.81 bits per heavy atom. The minimum absolute atomic E-state index is 0.0385. The molecule has 0 spiro atoms. The van der Waals surface area contributed by atoms with Gasteiger partial charge in [0, 0.05) is 38.8 Å². The van der Waals surface area contributed by atoms with E-state index >= 15 is 4.39 Å². The highest BCUT2D eigenvalue weighted by Crippen LogP contribution is 2.35. The van der Waals surface area contributed by atoms with Crippen LogP contribution in [0.15, 0.2) is 17.1 Å². The molecule has 9 heteroatoms. The fourth-order valence-electron chi connectivity index (χ4n) is 4.13. The first-order valence-electron chi connectivity index (χ1n) is 8.85. The lowest BCUT2D eigenvalue weighted by atomic mass is 10.1. The van der Waals surface area contributed by atoms with E-state index in [1.807, 2.05) is 0 Å². The van der Waals surface area contributed by atoms with E-state index < -0.39 is 29.0 Å². The third-order valence-corrected chi connectivity index (χ3v) is 5.37. The number of carbonyl (C=O) groups is 1. The maximum absolute atomic E-state index is 15.4. The molecular formula is C18H19F2N3O4. The smallest absolute Gasteiger partial charge is 0.449 e. The number of benzene rings is 1. The van der Waals surface area contributed by atoms with E-state index in [0.717, 1.165) is 38.3 Å². The van der Waals surface area contributed by atoms with E-state index in [9.17, 15) is 14.0 Å². The van der Waals surface area contributed by atoms with E-state index in [1.54, 1.807) is 11.8 Å². The van der Waals surface area contributed by atoms with Crippen LogP contribution in [0.4, 0.5) is 19.3 Å². The number of aromatic nitrogens is 1. The van der Waals surface area contributed by atoms with Crippen LogP contribution in [0.2, 0.25) is 0 Å². The van der Waals surface area contributed by atoms with Crippen molar-refractivity contribution in [2.45, 2.75) is 25.9 Å². The number of ether oxygens (including phenoxy) is 1. The van der Waals surface area contributed by atoms with Gasteiger partial charge in [-0.1, -0.05) is 0 Å². The Morgan fingerprint density at radius 2 is 2.11 bits per heavy atom. The van der Waals surface area contributed by atoms with Gasteiger partial charge in [-0.05, 0) is 19.4 Å². The fraction of sp³-hybridized carbons (Fsp3) is 0.444. The minimum atomic E-state index is -1.66. The van der Waals surface area contributed by atoms with Crippen LogP contribution in [0.25, 0.3) is 10.9 Å². The normalized spacial score (nSPS) is 21.7. The lowest BCUT2D eigenvalue weighted by molar-refractivity contribution is 0.144. The maximum Gasteiger partial charge on any atom is 0.511 e. The second kappa shape index (κ2) is 6.49. The van der Waals surface area contributed by atoms with E-state index in [0.29, 0.717) is 6.54 Å². The zero-order valence-corrected chi connectivity index (χ0v) is 14.7. The molecule has 2 bridgehead atoms. The van der Waals surface area contributed by atoms with Gasteiger partial charge in [-0.15, -0.1) is 0 Å². The maximum atomic E-state index is 15.4. The Kier molecular flexibility index (Phi) is 4.26. The molecular weight excluding hydrogens is 360 g/mol. The summed E-state index contributed by atoms with van der Waals surface area (Å²) in [5.74, 6) is -2.11. The number of halogens is 2. The molecule has 0 radical (unpaired) electrons. The SMILES string of the molecule is CCn1cc(OC(=O)O)c(=O)c2cc(F)c(N3CCN4CCC3C4)c(F)c21. The summed E-state index contributed by atoms with van der Waals surface area (Å²) in [5, 5.41) is 8.54. The van der Waals surface area contributed by atoms with E-state index in [1.165, 1.54) is 4.57 Å². The molecule has 1 aromatic heterocycles.